The largest absolute Gasteiger partial charge is 0.316 e. The first kappa shape index (κ1) is 13.5. The molecule has 20 heavy (non-hydrogen) atoms. The van der Waals surface area contributed by atoms with Crippen LogP contribution in [-0.4, -0.2) is 33.4 Å². The van der Waals surface area contributed by atoms with Gasteiger partial charge in [0, 0.05) is 23.3 Å². The second kappa shape index (κ2) is 5.85. The average molecular weight is 289 g/mol. The summed E-state index contributed by atoms with van der Waals surface area (Å²) in [6.45, 7) is 3.14. The van der Waals surface area contributed by atoms with E-state index in [1.165, 1.54) is 12.8 Å². The summed E-state index contributed by atoms with van der Waals surface area (Å²) >= 11 is 1.57. The van der Waals surface area contributed by atoms with Gasteiger partial charge in [-0.05, 0) is 33.4 Å². The average Bonchev–Trinajstić information content (AvgIpc) is 2.91. The van der Waals surface area contributed by atoms with Crippen molar-refractivity contribution in [1.29, 1.82) is 0 Å². The van der Waals surface area contributed by atoms with Crippen molar-refractivity contribution in [3.8, 4) is 0 Å². The van der Waals surface area contributed by atoms with Crippen LogP contribution in [0.1, 0.15) is 36.8 Å². The molecule has 3 heterocycles. The first-order chi connectivity index (χ1) is 9.72. The zero-order valence-corrected chi connectivity index (χ0v) is 12.7. The van der Waals surface area contributed by atoms with Crippen LogP contribution in [0.3, 0.4) is 0 Å². The predicted molar refractivity (Wildman–Crippen MR) is 81.4 cm³/mol. The van der Waals surface area contributed by atoms with E-state index in [1.807, 2.05) is 18.4 Å². The second-order valence-electron chi connectivity index (χ2n) is 5.21. The lowest BCUT2D eigenvalue weighted by Crippen LogP contribution is -2.31. The molecule has 5 nitrogen and oxygen atoms in total. The van der Waals surface area contributed by atoms with Crippen LogP contribution in [0.2, 0.25) is 0 Å². The Labute approximate surface area is 123 Å². The third kappa shape index (κ3) is 2.96. The fraction of sp³-hybridized carbons (Fsp3) is 0.500. The minimum absolute atomic E-state index is 0.334. The molecule has 0 amide bonds. The Hall–Kier alpha value is -1.53. The molecule has 106 valence electrons. The number of piperidine rings is 1. The van der Waals surface area contributed by atoms with Crippen molar-refractivity contribution in [3.05, 3.63) is 29.2 Å². The van der Waals surface area contributed by atoms with Gasteiger partial charge in [0.25, 0.3) is 0 Å². The summed E-state index contributed by atoms with van der Waals surface area (Å²) in [6.07, 6.45) is 5.44. The Kier molecular flexibility index (Phi) is 3.93. The van der Waals surface area contributed by atoms with Gasteiger partial charge in [0.2, 0.25) is 0 Å². The van der Waals surface area contributed by atoms with Gasteiger partial charge in [-0.1, -0.05) is 6.42 Å². The molecule has 1 fully saturated rings. The molecular weight excluding hydrogens is 270 g/mol. The molecule has 1 atom stereocenters. The van der Waals surface area contributed by atoms with Crippen LogP contribution in [0.4, 0.5) is 10.9 Å². The Morgan fingerprint density at radius 1 is 1.35 bits per heavy atom. The highest BCUT2D eigenvalue weighted by Crippen LogP contribution is 2.28. The van der Waals surface area contributed by atoms with Crippen molar-refractivity contribution in [2.75, 3.05) is 18.9 Å². The van der Waals surface area contributed by atoms with E-state index in [0.717, 1.165) is 35.4 Å². The Morgan fingerprint density at radius 2 is 2.25 bits per heavy atom. The summed E-state index contributed by atoms with van der Waals surface area (Å²) in [4.78, 5) is 15.9. The lowest BCUT2D eigenvalue weighted by molar-refractivity contribution is 0.179. The van der Waals surface area contributed by atoms with E-state index in [-0.39, 0.29) is 0 Å². The highest BCUT2D eigenvalue weighted by molar-refractivity contribution is 7.13. The molecule has 1 N–H and O–H groups in total. The number of anilines is 2. The number of rotatable bonds is 3. The zero-order chi connectivity index (χ0) is 13.9. The molecule has 0 aromatic carbocycles. The minimum Gasteiger partial charge on any atom is -0.316 e. The highest BCUT2D eigenvalue weighted by Gasteiger charge is 2.23. The molecule has 0 bridgehead atoms. The summed E-state index contributed by atoms with van der Waals surface area (Å²) in [6, 6.07) is 2.30. The van der Waals surface area contributed by atoms with Crippen LogP contribution in [0, 0.1) is 6.92 Å². The van der Waals surface area contributed by atoms with E-state index in [9.17, 15) is 0 Å². The topological polar surface area (TPSA) is 53.9 Å². The van der Waals surface area contributed by atoms with E-state index < -0.39 is 0 Å². The van der Waals surface area contributed by atoms with Crippen LogP contribution in [0.5, 0.6) is 0 Å². The first-order valence-corrected chi connectivity index (χ1v) is 7.82. The van der Waals surface area contributed by atoms with Gasteiger partial charge in [-0.3, -0.25) is 4.90 Å². The lowest BCUT2D eigenvalue weighted by atomic mass is 10.0. The Bertz CT molecular complexity index is 569. The maximum atomic E-state index is 4.69. The van der Waals surface area contributed by atoms with Crippen molar-refractivity contribution in [3.63, 3.8) is 0 Å². The van der Waals surface area contributed by atoms with Gasteiger partial charge in [-0.15, -0.1) is 11.3 Å². The molecule has 6 heteroatoms. The fourth-order valence-electron chi connectivity index (χ4n) is 2.60. The van der Waals surface area contributed by atoms with Gasteiger partial charge < -0.3 is 5.32 Å². The van der Waals surface area contributed by atoms with Gasteiger partial charge in [0.05, 0.1) is 6.04 Å². The molecule has 0 spiro atoms. The number of aromatic nitrogens is 3. The minimum atomic E-state index is 0.334. The smallest absolute Gasteiger partial charge is 0.188 e. The van der Waals surface area contributed by atoms with Gasteiger partial charge >= 0.3 is 0 Å². The molecule has 2 aromatic rings. The van der Waals surface area contributed by atoms with E-state index >= 15 is 0 Å². The van der Waals surface area contributed by atoms with Gasteiger partial charge in [-0.25, -0.2) is 15.0 Å². The van der Waals surface area contributed by atoms with Gasteiger partial charge in [0.1, 0.15) is 11.6 Å². The van der Waals surface area contributed by atoms with Crippen LogP contribution >= 0.6 is 11.3 Å². The van der Waals surface area contributed by atoms with Crippen molar-refractivity contribution < 1.29 is 0 Å². The number of nitrogens with one attached hydrogen (secondary N) is 1. The summed E-state index contributed by atoms with van der Waals surface area (Å²) in [5, 5.41) is 6.07. The molecule has 1 aliphatic heterocycles. The maximum absolute atomic E-state index is 4.69. The third-order valence-corrected chi connectivity index (χ3v) is 4.30. The summed E-state index contributed by atoms with van der Waals surface area (Å²) in [7, 11) is 2.16. The number of hydrogen-bond donors (Lipinski definition) is 1. The fourth-order valence-corrected chi connectivity index (χ4v) is 3.14. The van der Waals surface area contributed by atoms with E-state index in [2.05, 4.69) is 32.2 Å². The predicted octanol–water partition coefficient (Wildman–Crippen LogP) is 3.14. The SMILES string of the molecule is Cc1cc(Nc2nccs2)nc([C@H]2CCCCN2C)n1. The first-order valence-electron chi connectivity index (χ1n) is 6.95. The standard InChI is InChI=1S/C14H19N5S/c1-10-9-12(18-14-15-6-8-20-14)17-13(16-10)11-5-3-4-7-19(11)2/h6,8-9,11H,3-5,7H2,1-2H3,(H,15,16,17,18)/t11-/m1/s1. The quantitative estimate of drug-likeness (QED) is 0.940. The number of aryl methyl sites for hydroxylation is 1. The molecule has 0 unspecified atom stereocenters. The van der Waals surface area contributed by atoms with E-state index in [0.29, 0.717) is 6.04 Å². The van der Waals surface area contributed by atoms with Crippen LogP contribution < -0.4 is 5.32 Å². The molecule has 2 aromatic heterocycles. The zero-order valence-electron chi connectivity index (χ0n) is 11.8. The van der Waals surface area contributed by atoms with Gasteiger partial charge in [-0.2, -0.15) is 0 Å². The number of likely N-dealkylation sites (tertiary alicyclic amines) is 1. The molecule has 1 saturated heterocycles. The number of thiazole rings is 1. The molecule has 0 radical (unpaired) electrons. The second-order valence-corrected chi connectivity index (χ2v) is 6.10. The number of hydrogen-bond acceptors (Lipinski definition) is 6. The molecule has 0 aliphatic carbocycles. The van der Waals surface area contributed by atoms with Crippen LogP contribution in [-0.2, 0) is 0 Å². The van der Waals surface area contributed by atoms with Crippen LogP contribution in [0.25, 0.3) is 0 Å². The van der Waals surface area contributed by atoms with Gasteiger partial charge in [0.15, 0.2) is 5.13 Å². The summed E-state index contributed by atoms with van der Waals surface area (Å²) < 4.78 is 0. The van der Waals surface area contributed by atoms with Crippen LogP contribution in [0.15, 0.2) is 17.6 Å². The maximum Gasteiger partial charge on any atom is 0.188 e. The van der Waals surface area contributed by atoms with Crippen molar-refractivity contribution in [2.45, 2.75) is 32.2 Å². The van der Waals surface area contributed by atoms with E-state index in [4.69, 9.17) is 0 Å². The van der Waals surface area contributed by atoms with Crippen molar-refractivity contribution in [2.24, 2.45) is 0 Å². The van der Waals surface area contributed by atoms with Crippen molar-refractivity contribution in [1.82, 2.24) is 19.9 Å². The normalized spacial score (nSPS) is 20.0. The molecular formula is C14H19N5S. The Morgan fingerprint density at radius 3 is 3.00 bits per heavy atom. The van der Waals surface area contributed by atoms with E-state index in [1.54, 1.807) is 17.5 Å². The Balaban J connectivity index is 1.86. The summed E-state index contributed by atoms with van der Waals surface area (Å²) in [5.74, 6) is 1.76. The van der Waals surface area contributed by atoms with Crippen molar-refractivity contribution >= 4 is 22.3 Å². The third-order valence-electron chi connectivity index (χ3n) is 3.61. The monoisotopic (exact) mass is 289 g/mol. The molecule has 0 saturated carbocycles. The number of nitrogens with zero attached hydrogens (tertiary/aromatic N) is 4. The highest BCUT2D eigenvalue weighted by atomic mass is 32.1. The molecule has 1 aliphatic rings. The lowest BCUT2D eigenvalue weighted by Gasteiger charge is -2.31. The summed E-state index contributed by atoms with van der Waals surface area (Å²) in [5.41, 5.74) is 0.994. The molecule has 3 rings (SSSR count).